The second-order valence-corrected chi connectivity index (χ2v) is 2.67. The lowest BCUT2D eigenvalue weighted by Crippen LogP contribution is -2.15. The molecule has 0 amide bonds. The van der Waals surface area contributed by atoms with Gasteiger partial charge in [-0.25, -0.2) is 0 Å². The zero-order chi connectivity index (χ0) is 10.4. The van der Waals surface area contributed by atoms with Gasteiger partial charge in [0.2, 0.25) is 0 Å². The molecule has 0 aliphatic carbocycles. The molecule has 1 aliphatic heterocycles. The van der Waals surface area contributed by atoms with Crippen molar-refractivity contribution in [2.75, 3.05) is 13.2 Å². The number of hydrogen-bond donors (Lipinski definition) is 0. The van der Waals surface area contributed by atoms with Gasteiger partial charge in [0.25, 0.3) is 0 Å². The zero-order valence-corrected chi connectivity index (χ0v) is 9.04. The number of aromatic nitrogens is 1. The molecule has 2 heterocycles. The normalized spacial score (nSPS) is 12.8. The lowest BCUT2D eigenvalue weighted by Gasteiger charge is -2.17. The van der Waals surface area contributed by atoms with Crippen molar-refractivity contribution >= 4 is 0 Å². The van der Waals surface area contributed by atoms with Crippen molar-refractivity contribution < 1.29 is 9.47 Å². The van der Waals surface area contributed by atoms with Crippen molar-refractivity contribution in [2.24, 2.45) is 0 Å². The van der Waals surface area contributed by atoms with Gasteiger partial charge < -0.3 is 9.47 Å². The van der Waals surface area contributed by atoms with Crippen LogP contribution in [-0.2, 0) is 6.42 Å². The van der Waals surface area contributed by atoms with E-state index in [1.807, 2.05) is 19.9 Å². The number of nitrogens with zero attached hydrogens (tertiary/aromatic N) is 1. The van der Waals surface area contributed by atoms with Crippen LogP contribution in [0.1, 0.15) is 26.5 Å². The van der Waals surface area contributed by atoms with Gasteiger partial charge in [-0.05, 0) is 6.42 Å². The fourth-order valence-electron chi connectivity index (χ4n) is 1.18. The molecule has 0 radical (unpaired) electrons. The SMILES string of the molecule is CC.CCc1cc2c(cn1)OCCO2. The molecule has 0 N–H and O–H groups in total. The van der Waals surface area contributed by atoms with Gasteiger partial charge in [0.1, 0.15) is 13.2 Å². The molecule has 0 bridgehead atoms. The van der Waals surface area contributed by atoms with E-state index < -0.39 is 0 Å². The number of fused-ring (bicyclic) bond motifs is 1. The Kier molecular flexibility index (Phi) is 4.23. The van der Waals surface area contributed by atoms with Gasteiger partial charge >= 0.3 is 0 Å². The number of aryl methyl sites for hydroxylation is 1. The van der Waals surface area contributed by atoms with Crippen LogP contribution in [0.4, 0.5) is 0 Å². The standard InChI is InChI=1S/C9H11NO2.C2H6/c1-2-7-5-8-9(6-10-7)12-4-3-11-8;1-2/h5-6H,2-4H2,1H3;1-2H3. The molecule has 0 fully saturated rings. The maximum Gasteiger partial charge on any atom is 0.179 e. The first-order chi connectivity index (χ1) is 6.90. The molecule has 3 nitrogen and oxygen atoms in total. The molecule has 0 unspecified atom stereocenters. The summed E-state index contributed by atoms with van der Waals surface area (Å²) in [5, 5.41) is 0. The van der Waals surface area contributed by atoms with E-state index in [-0.39, 0.29) is 0 Å². The minimum absolute atomic E-state index is 0.625. The van der Waals surface area contributed by atoms with Crippen LogP contribution in [0.5, 0.6) is 11.5 Å². The van der Waals surface area contributed by atoms with Crippen molar-refractivity contribution in [2.45, 2.75) is 27.2 Å². The molecule has 0 aromatic carbocycles. The second kappa shape index (κ2) is 5.47. The Morgan fingerprint density at radius 2 is 1.86 bits per heavy atom. The topological polar surface area (TPSA) is 31.4 Å². The molecule has 0 saturated heterocycles. The van der Waals surface area contributed by atoms with Gasteiger partial charge in [-0.1, -0.05) is 20.8 Å². The fraction of sp³-hybridized carbons (Fsp3) is 0.545. The van der Waals surface area contributed by atoms with Crippen LogP contribution < -0.4 is 9.47 Å². The average Bonchev–Trinajstić information content (AvgIpc) is 2.31. The predicted molar refractivity (Wildman–Crippen MR) is 56.0 cm³/mol. The van der Waals surface area contributed by atoms with Crippen molar-refractivity contribution in [1.29, 1.82) is 0 Å². The largest absolute Gasteiger partial charge is 0.486 e. The van der Waals surface area contributed by atoms with E-state index >= 15 is 0 Å². The lowest BCUT2D eigenvalue weighted by molar-refractivity contribution is 0.170. The summed E-state index contributed by atoms with van der Waals surface area (Å²) in [5.41, 5.74) is 1.04. The van der Waals surface area contributed by atoms with Crippen molar-refractivity contribution in [3.63, 3.8) is 0 Å². The first-order valence-electron chi connectivity index (χ1n) is 5.14. The Morgan fingerprint density at radius 1 is 1.21 bits per heavy atom. The van der Waals surface area contributed by atoms with Crippen LogP contribution >= 0.6 is 0 Å². The minimum Gasteiger partial charge on any atom is -0.486 e. The highest BCUT2D eigenvalue weighted by molar-refractivity contribution is 5.39. The Bertz CT molecular complexity index is 287. The fourth-order valence-corrected chi connectivity index (χ4v) is 1.18. The van der Waals surface area contributed by atoms with E-state index in [2.05, 4.69) is 11.9 Å². The van der Waals surface area contributed by atoms with Gasteiger partial charge in [0, 0.05) is 11.8 Å². The molecule has 14 heavy (non-hydrogen) atoms. The summed E-state index contributed by atoms with van der Waals surface area (Å²) in [4.78, 5) is 4.21. The molecule has 2 rings (SSSR count). The van der Waals surface area contributed by atoms with E-state index in [1.165, 1.54) is 0 Å². The molecule has 1 aromatic rings. The quantitative estimate of drug-likeness (QED) is 0.689. The van der Waals surface area contributed by atoms with Crippen molar-refractivity contribution in [1.82, 2.24) is 4.98 Å². The van der Waals surface area contributed by atoms with E-state index in [4.69, 9.17) is 9.47 Å². The van der Waals surface area contributed by atoms with E-state index in [1.54, 1.807) is 6.20 Å². The molecule has 78 valence electrons. The second-order valence-electron chi connectivity index (χ2n) is 2.67. The van der Waals surface area contributed by atoms with Gasteiger partial charge in [-0.15, -0.1) is 0 Å². The maximum absolute atomic E-state index is 5.40. The van der Waals surface area contributed by atoms with Crippen LogP contribution in [-0.4, -0.2) is 18.2 Å². The molecular weight excluding hydrogens is 178 g/mol. The average molecular weight is 195 g/mol. The molecule has 0 spiro atoms. The van der Waals surface area contributed by atoms with Gasteiger partial charge in [0.15, 0.2) is 11.5 Å². The summed E-state index contributed by atoms with van der Waals surface area (Å²) in [7, 11) is 0. The molecule has 1 aromatic heterocycles. The van der Waals surface area contributed by atoms with Crippen LogP contribution in [0.15, 0.2) is 12.3 Å². The summed E-state index contributed by atoms with van der Waals surface area (Å²) in [6.45, 7) is 7.33. The van der Waals surface area contributed by atoms with Crippen LogP contribution in [0.2, 0.25) is 0 Å². The summed E-state index contributed by atoms with van der Waals surface area (Å²) < 4.78 is 10.7. The number of ether oxygens (including phenoxy) is 2. The zero-order valence-electron chi connectivity index (χ0n) is 9.04. The molecule has 1 aliphatic rings. The number of rotatable bonds is 1. The highest BCUT2D eigenvalue weighted by atomic mass is 16.6. The third-order valence-electron chi connectivity index (χ3n) is 1.85. The first kappa shape index (κ1) is 10.8. The summed E-state index contributed by atoms with van der Waals surface area (Å²) in [6, 6.07) is 1.94. The summed E-state index contributed by atoms with van der Waals surface area (Å²) in [6.07, 6.45) is 2.66. The van der Waals surface area contributed by atoms with Crippen LogP contribution in [0, 0.1) is 0 Å². The highest BCUT2D eigenvalue weighted by Crippen LogP contribution is 2.29. The number of hydrogen-bond acceptors (Lipinski definition) is 3. The van der Waals surface area contributed by atoms with Crippen molar-refractivity contribution in [3.05, 3.63) is 18.0 Å². The van der Waals surface area contributed by atoms with Gasteiger partial charge in [0.05, 0.1) is 6.20 Å². The predicted octanol–water partition coefficient (Wildman–Crippen LogP) is 2.44. The third-order valence-corrected chi connectivity index (χ3v) is 1.85. The Morgan fingerprint density at radius 3 is 2.50 bits per heavy atom. The van der Waals surface area contributed by atoms with Crippen LogP contribution in [0.3, 0.4) is 0 Å². The first-order valence-corrected chi connectivity index (χ1v) is 5.14. The van der Waals surface area contributed by atoms with Crippen LogP contribution in [0.25, 0.3) is 0 Å². The molecule has 3 heteroatoms. The van der Waals surface area contributed by atoms with Gasteiger partial charge in [-0.3, -0.25) is 4.98 Å². The maximum atomic E-state index is 5.40. The molecular formula is C11H17NO2. The van der Waals surface area contributed by atoms with E-state index in [0.29, 0.717) is 13.2 Å². The van der Waals surface area contributed by atoms with Crippen molar-refractivity contribution in [3.8, 4) is 11.5 Å². The van der Waals surface area contributed by atoms with Gasteiger partial charge in [-0.2, -0.15) is 0 Å². The molecule has 0 saturated carbocycles. The summed E-state index contributed by atoms with van der Waals surface area (Å²) >= 11 is 0. The van der Waals surface area contributed by atoms with E-state index in [9.17, 15) is 0 Å². The third kappa shape index (κ3) is 2.37. The lowest BCUT2D eigenvalue weighted by atomic mass is 10.2. The smallest absolute Gasteiger partial charge is 0.179 e. The number of pyridine rings is 1. The summed E-state index contributed by atoms with van der Waals surface area (Å²) in [5.74, 6) is 1.59. The monoisotopic (exact) mass is 195 g/mol. The minimum atomic E-state index is 0.625. The highest BCUT2D eigenvalue weighted by Gasteiger charge is 2.11. The molecule has 0 atom stereocenters. The Hall–Kier alpha value is -1.25. The Labute approximate surface area is 85.1 Å². The van der Waals surface area contributed by atoms with E-state index in [0.717, 1.165) is 23.6 Å². The Balaban J connectivity index is 0.000000461.